The lowest BCUT2D eigenvalue weighted by Crippen LogP contribution is -2.02. The summed E-state index contributed by atoms with van der Waals surface area (Å²) >= 11 is 0. The van der Waals surface area contributed by atoms with E-state index in [9.17, 15) is 9.59 Å². The summed E-state index contributed by atoms with van der Waals surface area (Å²) in [6.07, 6.45) is 6.07. The normalized spacial score (nSPS) is 8.90. The minimum Gasteiger partial charge on any atom is -0.463 e. The zero-order valence-corrected chi connectivity index (χ0v) is 12.6. The molecule has 0 amide bonds. The van der Waals surface area contributed by atoms with E-state index in [0.29, 0.717) is 19.8 Å². The number of methoxy groups -OCH3 is 1. The Kier molecular flexibility index (Phi) is 18.0. The highest BCUT2D eigenvalue weighted by Crippen LogP contribution is 1.91. The van der Waals surface area contributed by atoms with Crippen molar-refractivity contribution in [1.82, 2.24) is 0 Å². The van der Waals surface area contributed by atoms with Gasteiger partial charge in [0.25, 0.3) is 0 Å². The summed E-state index contributed by atoms with van der Waals surface area (Å²) in [6.45, 7) is 10.3. The molecule has 0 bridgehead atoms. The Morgan fingerprint density at radius 3 is 1.75 bits per heavy atom. The number of hydrogen-bond donors (Lipinski definition) is 0. The first-order valence-electron chi connectivity index (χ1n) is 6.69. The number of carbonyl (C=O) groups excluding carboxylic acids is 2. The highest BCUT2D eigenvalue weighted by Gasteiger charge is 1.93. The molecular formula is C15H26O5. The summed E-state index contributed by atoms with van der Waals surface area (Å²) in [7, 11) is 1.65. The van der Waals surface area contributed by atoms with Gasteiger partial charge >= 0.3 is 11.9 Å². The van der Waals surface area contributed by atoms with Crippen LogP contribution in [0, 0.1) is 0 Å². The van der Waals surface area contributed by atoms with Crippen molar-refractivity contribution < 1.29 is 23.8 Å². The van der Waals surface area contributed by atoms with E-state index in [2.05, 4.69) is 17.9 Å². The topological polar surface area (TPSA) is 61.8 Å². The minimum atomic E-state index is -0.359. The second-order valence-electron chi connectivity index (χ2n) is 3.80. The third kappa shape index (κ3) is 18.7. The van der Waals surface area contributed by atoms with Crippen LogP contribution in [0.15, 0.2) is 25.3 Å². The van der Waals surface area contributed by atoms with E-state index in [1.165, 1.54) is 6.08 Å². The summed E-state index contributed by atoms with van der Waals surface area (Å²) in [5.41, 5.74) is 0. The van der Waals surface area contributed by atoms with Crippen LogP contribution in [-0.4, -0.2) is 38.9 Å². The summed E-state index contributed by atoms with van der Waals surface area (Å²) in [5, 5.41) is 0. The van der Waals surface area contributed by atoms with Crippen molar-refractivity contribution in [3.05, 3.63) is 25.3 Å². The van der Waals surface area contributed by atoms with Crippen LogP contribution in [0.2, 0.25) is 0 Å². The summed E-state index contributed by atoms with van der Waals surface area (Å²) in [6, 6.07) is 0. The third-order valence-corrected chi connectivity index (χ3v) is 2.06. The third-order valence-electron chi connectivity index (χ3n) is 2.06. The summed E-state index contributed by atoms with van der Waals surface area (Å²) in [4.78, 5) is 20.8. The van der Waals surface area contributed by atoms with Gasteiger partial charge in [-0.1, -0.05) is 26.5 Å². The standard InChI is InChI=1S/C8H14O3.C7H12O2/c1-3-8(9)11-7-5-4-6-10-2;1-3-5-6-9-7(8)4-2/h3H,1,4-7H2,2H3;4H,2-3,5-6H2,1H3. The Morgan fingerprint density at radius 1 is 0.900 bits per heavy atom. The van der Waals surface area contributed by atoms with Crippen LogP contribution >= 0.6 is 0 Å². The van der Waals surface area contributed by atoms with E-state index in [-0.39, 0.29) is 11.9 Å². The van der Waals surface area contributed by atoms with E-state index in [0.717, 1.165) is 31.8 Å². The Labute approximate surface area is 121 Å². The van der Waals surface area contributed by atoms with E-state index < -0.39 is 0 Å². The predicted octanol–water partition coefficient (Wildman–Crippen LogP) is 2.66. The lowest BCUT2D eigenvalue weighted by atomic mass is 10.3. The lowest BCUT2D eigenvalue weighted by Gasteiger charge is -2.00. The average Bonchev–Trinajstić information content (AvgIpc) is 2.47. The summed E-state index contributed by atoms with van der Waals surface area (Å²) < 4.78 is 14.2. The maximum atomic E-state index is 10.5. The van der Waals surface area contributed by atoms with Crippen molar-refractivity contribution >= 4 is 11.9 Å². The van der Waals surface area contributed by atoms with Gasteiger partial charge in [-0.3, -0.25) is 0 Å². The molecule has 0 aliphatic carbocycles. The number of hydrogen-bond acceptors (Lipinski definition) is 5. The highest BCUT2D eigenvalue weighted by atomic mass is 16.5. The number of carbonyl (C=O) groups is 2. The van der Waals surface area contributed by atoms with Gasteiger partial charge < -0.3 is 14.2 Å². The zero-order chi connectivity index (χ0) is 15.6. The maximum absolute atomic E-state index is 10.5. The molecule has 20 heavy (non-hydrogen) atoms. The first-order chi connectivity index (χ1) is 9.62. The Hall–Kier alpha value is -1.62. The van der Waals surface area contributed by atoms with Gasteiger partial charge in [-0.05, 0) is 19.3 Å². The van der Waals surface area contributed by atoms with Crippen LogP contribution in [0.3, 0.4) is 0 Å². The molecule has 0 fully saturated rings. The van der Waals surface area contributed by atoms with Crippen LogP contribution in [-0.2, 0) is 23.8 Å². The second-order valence-corrected chi connectivity index (χ2v) is 3.80. The molecule has 5 heteroatoms. The fourth-order valence-corrected chi connectivity index (χ4v) is 0.956. The number of esters is 2. The number of ether oxygens (including phenoxy) is 3. The van der Waals surface area contributed by atoms with Gasteiger partial charge in [-0.15, -0.1) is 0 Å². The molecule has 0 saturated heterocycles. The Balaban J connectivity index is 0. The molecule has 0 rings (SSSR count). The van der Waals surface area contributed by atoms with Gasteiger partial charge in [-0.25, -0.2) is 9.59 Å². The largest absolute Gasteiger partial charge is 0.463 e. The zero-order valence-electron chi connectivity index (χ0n) is 12.6. The van der Waals surface area contributed by atoms with Gasteiger partial charge in [0.15, 0.2) is 0 Å². The fourth-order valence-electron chi connectivity index (χ4n) is 0.956. The smallest absolute Gasteiger partial charge is 0.330 e. The van der Waals surface area contributed by atoms with Crippen molar-refractivity contribution in [2.75, 3.05) is 26.9 Å². The molecule has 0 aliphatic rings. The monoisotopic (exact) mass is 286 g/mol. The van der Waals surface area contributed by atoms with Crippen molar-refractivity contribution in [1.29, 1.82) is 0 Å². The van der Waals surface area contributed by atoms with Crippen molar-refractivity contribution in [3.63, 3.8) is 0 Å². The maximum Gasteiger partial charge on any atom is 0.330 e. The van der Waals surface area contributed by atoms with Crippen molar-refractivity contribution in [3.8, 4) is 0 Å². The second kappa shape index (κ2) is 17.4. The van der Waals surface area contributed by atoms with Gasteiger partial charge in [0.1, 0.15) is 0 Å². The molecule has 0 atom stereocenters. The molecule has 0 aliphatic heterocycles. The van der Waals surface area contributed by atoms with E-state index >= 15 is 0 Å². The van der Waals surface area contributed by atoms with Gasteiger partial charge in [0.05, 0.1) is 13.2 Å². The molecule has 0 N–H and O–H groups in total. The molecule has 0 aromatic heterocycles. The first kappa shape index (κ1) is 20.7. The van der Waals surface area contributed by atoms with Gasteiger partial charge in [-0.2, -0.15) is 0 Å². The van der Waals surface area contributed by atoms with Crippen LogP contribution in [0.25, 0.3) is 0 Å². The average molecular weight is 286 g/mol. The van der Waals surface area contributed by atoms with E-state index in [4.69, 9.17) is 9.47 Å². The predicted molar refractivity (Wildman–Crippen MR) is 78.3 cm³/mol. The number of unbranched alkanes of at least 4 members (excludes halogenated alkanes) is 2. The Morgan fingerprint density at radius 2 is 1.35 bits per heavy atom. The van der Waals surface area contributed by atoms with E-state index in [1.54, 1.807) is 7.11 Å². The Bertz CT molecular complexity index is 273. The quantitative estimate of drug-likeness (QED) is 0.351. The molecule has 0 spiro atoms. The fraction of sp³-hybridized carbons (Fsp3) is 0.600. The molecule has 5 nitrogen and oxygen atoms in total. The van der Waals surface area contributed by atoms with Crippen molar-refractivity contribution in [2.45, 2.75) is 32.6 Å². The minimum absolute atomic E-state index is 0.330. The van der Waals surface area contributed by atoms with Crippen LogP contribution in [0.1, 0.15) is 32.6 Å². The molecular weight excluding hydrogens is 260 g/mol. The van der Waals surface area contributed by atoms with Gasteiger partial charge in [0.2, 0.25) is 0 Å². The SMILES string of the molecule is C=CC(=O)OCCCC.C=CC(=O)OCCCCOC. The molecule has 116 valence electrons. The first-order valence-corrected chi connectivity index (χ1v) is 6.69. The van der Waals surface area contributed by atoms with Crippen LogP contribution < -0.4 is 0 Å². The summed E-state index contributed by atoms with van der Waals surface area (Å²) in [5.74, 6) is -0.689. The van der Waals surface area contributed by atoms with Gasteiger partial charge in [0, 0.05) is 25.9 Å². The molecule has 0 aromatic rings. The molecule has 0 heterocycles. The van der Waals surface area contributed by atoms with E-state index in [1.807, 2.05) is 6.92 Å². The lowest BCUT2D eigenvalue weighted by molar-refractivity contribution is -0.138. The van der Waals surface area contributed by atoms with Crippen molar-refractivity contribution in [2.24, 2.45) is 0 Å². The molecule has 0 radical (unpaired) electrons. The number of rotatable bonds is 10. The molecule has 0 aromatic carbocycles. The molecule has 0 saturated carbocycles. The molecule has 0 unspecified atom stereocenters. The highest BCUT2D eigenvalue weighted by molar-refractivity contribution is 5.81. The van der Waals surface area contributed by atoms with Crippen LogP contribution in [0.4, 0.5) is 0 Å². The van der Waals surface area contributed by atoms with Crippen LogP contribution in [0.5, 0.6) is 0 Å².